The summed E-state index contributed by atoms with van der Waals surface area (Å²) in [6.45, 7) is -1.11. The third kappa shape index (κ3) is 3.87. The Kier molecular flexibility index (Phi) is 6.19. The number of hydrogen-bond acceptors (Lipinski definition) is 8. The monoisotopic (exact) mass is 590 g/mol. The van der Waals surface area contributed by atoms with Gasteiger partial charge in [0, 0.05) is 42.7 Å². The molecular weight excluding hydrogens is 564 g/mol. The van der Waals surface area contributed by atoms with E-state index in [2.05, 4.69) is 9.88 Å². The molecule has 10 nitrogen and oxygen atoms in total. The number of anilines is 1. The van der Waals surface area contributed by atoms with E-state index >= 15 is 0 Å². The van der Waals surface area contributed by atoms with Crippen LogP contribution >= 0.6 is 11.6 Å². The number of piperidine rings is 1. The molecular formula is C26H27ClN4O6S2. The van der Waals surface area contributed by atoms with Crippen LogP contribution in [0.25, 0.3) is 10.8 Å². The lowest BCUT2D eigenvalue weighted by Crippen LogP contribution is -2.67. The number of fused-ring (bicyclic) bond motifs is 2. The number of rotatable bonds is 4. The number of aliphatic hydroxyl groups is 1. The van der Waals surface area contributed by atoms with Crippen LogP contribution in [0.15, 0.2) is 65.8 Å². The molecule has 3 aliphatic heterocycles. The molecule has 0 radical (unpaired) electrons. The molecule has 2 aromatic carbocycles. The number of sulfonamides is 1. The number of halogens is 1. The van der Waals surface area contributed by atoms with Gasteiger partial charge in [-0.15, -0.1) is 0 Å². The normalized spacial score (nSPS) is 24.8. The average molecular weight is 591 g/mol. The molecule has 1 unspecified atom stereocenters. The lowest BCUT2D eigenvalue weighted by atomic mass is 9.94. The summed E-state index contributed by atoms with van der Waals surface area (Å²) in [6, 6.07) is 13.3. The molecule has 1 N–H and O–H groups in total. The molecule has 1 aromatic heterocycles. The minimum atomic E-state index is -4.26. The van der Waals surface area contributed by atoms with Gasteiger partial charge in [-0.1, -0.05) is 23.7 Å². The van der Waals surface area contributed by atoms with Gasteiger partial charge in [0.25, 0.3) is 0 Å². The molecule has 3 fully saturated rings. The number of nitrogens with zero attached hydrogens (tertiary/aromatic N) is 4. The van der Waals surface area contributed by atoms with E-state index < -0.39 is 55.1 Å². The first kappa shape index (κ1) is 26.5. The van der Waals surface area contributed by atoms with E-state index in [9.17, 15) is 26.7 Å². The van der Waals surface area contributed by atoms with Gasteiger partial charge in [-0.25, -0.2) is 16.8 Å². The van der Waals surface area contributed by atoms with Crippen molar-refractivity contribution in [1.82, 2.24) is 14.2 Å². The number of aliphatic hydroxyl groups excluding tert-OH is 1. The Morgan fingerprint density at radius 3 is 2.33 bits per heavy atom. The zero-order valence-corrected chi connectivity index (χ0v) is 23.3. The maximum atomic E-state index is 14.2. The van der Waals surface area contributed by atoms with E-state index in [0.29, 0.717) is 23.5 Å². The summed E-state index contributed by atoms with van der Waals surface area (Å²) < 4.78 is 55.5. The Hall–Kier alpha value is -2.77. The zero-order valence-electron chi connectivity index (χ0n) is 20.9. The summed E-state index contributed by atoms with van der Waals surface area (Å²) in [4.78, 5) is 18.6. The van der Waals surface area contributed by atoms with Crippen LogP contribution in [0.5, 0.6) is 0 Å². The fraction of sp³-hybridized carbons (Fsp3) is 0.385. The van der Waals surface area contributed by atoms with Crippen molar-refractivity contribution in [2.45, 2.75) is 27.4 Å². The Bertz CT molecular complexity index is 1680. The maximum Gasteiger partial charge on any atom is 0.243 e. The third-order valence-corrected chi connectivity index (χ3v) is 13.6. The molecule has 13 heteroatoms. The number of pyridine rings is 1. The molecule has 3 aromatic rings. The van der Waals surface area contributed by atoms with Crippen LogP contribution in [0.2, 0.25) is 5.02 Å². The molecule has 0 bridgehead atoms. The summed E-state index contributed by atoms with van der Waals surface area (Å²) in [5.74, 6) is -0.636. The molecule has 0 aliphatic carbocycles. The van der Waals surface area contributed by atoms with Gasteiger partial charge in [-0.05, 0) is 60.0 Å². The van der Waals surface area contributed by atoms with Gasteiger partial charge in [0.15, 0.2) is 14.7 Å². The fourth-order valence-electron chi connectivity index (χ4n) is 6.17. The zero-order chi connectivity index (χ0) is 27.6. The number of sulfone groups is 1. The first-order chi connectivity index (χ1) is 18.5. The SMILES string of the molecule is O=C1CN(S(=O)(=O)c2ccc3cc(Cl)ccc3c2)CC2(CO)N1CC1(CCN(c3ccncc3)CC1)S2(=O)=O. The van der Waals surface area contributed by atoms with Crippen LogP contribution in [-0.2, 0) is 24.7 Å². The lowest BCUT2D eigenvalue weighted by Gasteiger charge is -2.43. The number of hydrogen-bond donors (Lipinski definition) is 1. The molecule has 4 heterocycles. The topological polar surface area (TPSA) is 128 Å². The molecule has 1 spiro atoms. The molecule has 6 rings (SSSR count). The van der Waals surface area contributed by atoms with Gasteiger partial charge in [-0.3, -0.25) is 9.78 Å². The molecule has 1 amide bonds. The van der Waals surface area contributed by atoms with Crippen LogP contribution in [0.1, 0.15) is 12.8 Å². The number of amides is 1. The molecule has 0 saturated carbocycles. The first-order valence-corrected chi connectivity index (χ1v) is 15.8. The van der Waals surface area contributed by atoms with Gasteiger partial charge in [-0.2, -0.15) is 4.31 Å². The van der Waals surface area contributed by atoms with Crippen LogP contribution in [-0.4, -0.2) is 91.0 Å². The van der Waals surface area contributed by atoms with E-state index in [-0.39, 0.29) is 24.3 Å². The summed E-state index contributed by atoms with van der Waals surface area (Å²) >= 11 is 6.04. The second-order valence-corrected chi connectivity index (χ2v) is 15.4. The highest BCUT2D eigenvalue weighted by atomic mass is 35.5. The van der Waals surface area contributed by atoms with Crippen LogP contribution < -0.4 is 4.90 Å². The molecule has 3 saturated heterocycles. The highest BCUT2D eigenvalue weighted by Gasteiger charge is 2.70. The van der Waals surface area contributed by atoms with Crippen LogP contribution in [0.4, 0.5) is 5.69 Å². The van der Waals surface area contributed by atoms with Crippen molar-refractivity contribution in [3.05, 3.63) is 65.9 Å². The number of piperazine rings is 1. The smallest absolute Gasteiger partial charge is 0.243 e. The van der Waals surface area contributed by atoms with Gasteiger partial charge in [0.1, 0.15) is 0 Å². The highest BCUT2D eigenvalue weighted by molar-refractivity contribution is 7.94. The Morgan fingerprint density at radius 1 is 0.974 bits per heavy atom. The molecule has 3 aliphatic rings. The number of aromatic nitrogens is 1. The van der Waals surface area contributed by atoms with Crippen molar-refractivity contribution < 1.29 is 26.7 Å². The van der Waals surface area contributed by atoms with Crippen LogP contribution in [0.3, 0.4) is 0 Å². The summed E-state index contributed by atoms with van der Waals surface area (Å²) in [6.07, 6.45) is 3.85. The standard InChI is InChI=1S/C26H27ClN4O6S2/c27-21-3-1-20-14-23(4-2-19(20)13-21)38(34,35)30-15-24(33)31-16-25(39(36,37)26(31,17-30)18-32)7-11-29(12-8-25)22-5-9-28-10-6-22/h1-6,9-10,13-14,32H,7-8,11-12,15-18H2. The van der Waals surface area contributed by atoms with E-state index in [1.165, 1.54) is 17.0 Å². The van der Waals surface area contributed by atoms with E-state index in [1.54, 1.807) is 36.7 Å². The predicted molar refractivity (Wildman–Crippen MR) is 147 cm³/mol. The largest absolute Gasteiger partial charge is 0.393 e. The molecule has 206 valence electrons. The van der Waals surface area contributed by atoms with Crippen molar-refractivity contribution in [1.29, 1.82) is 0 Å². The first-order valence-electron chi connectivity index (χ1n) is 12.5. The quantitative estimate of drug-likeness (QED) is 0.488. The van der Waals surface area contributed by atoms with Gasteiger partial charge < -0.3 is 14.9 Å². The van der Waals surface area contributed by atoms with Gasteiger partial charge in [0.2, 0.25) is 15.9 Å². The average Bonchev–Trinajstić information content (AvgIpc) is 3.12. The lowest BCUT2D eigenvalue weighted by molar-refractivity contribution is -0.140. The predicted octanol–water partition coefficient (Wildman–Crippen LogP) is 1.88. The minimum absolute atomic E-state index is 0.0659. The third-order valence-electron chi connectivity index (χ3n) is 8.41. The van der Waals surface area contributed by atoms with Crippen molar-refractivity contribution in [2.24, 2.45) is 0 Å². The fourth-order valence-corrected chi connectivity index (χ4v) is 10.7. The minimum Gasteiger partial charge on any atom is -0.393 e. The van der Waals surface area contributed by atoms with E-state index in [4.69, 9.17) is 11.6 Å². The number of carbonyl (C=O) groups is 1. The van der Waals surface area contributed by atoms with Crippen molar-refractivity contribution >= 4 is 53.8 Å². The Balaban J connectivity index is 1.33. The maximum absolute atomic E-state index is 14.2. The van der Waals surface area contributed by atoms with Gasteiger partial charge >= 0.3 is 0 Å². The summed E-state index contributed by atoms with van der Waals surface area (Å²) in [7, 11) is -8.44. The Labute approximate surface area is 231 Å². The van der Waals surface area contributed by atoms with Crippen LogP contribution in [0, 0.1) is 0 Å². The van der Waals surface area contributed by atoms with Crippen molar-refractivity contribution in [2.75, 3.05) is 44.2 Å². The van der Waals surface area contributed by atoms with Crippen molar-refractivity contribution in [3.63, 3.8) is 0 Å². The number of carbonyl (C=O) groups excluding carboxylic acids is 1. The van der Waals surface area contributed by atoms with Gasteiger partial charge in [0.05, 0.1) is 29.3 Å². The summed E-state index contributed by atoms with van der Waals surface area (Å²) in [5.41, 5.74) is 0.927. The van der Waals surface area contributed by atoms with E-state index in [0.717, 1.165) is 15.4 Å². The van der Waals surface area contributed by atoms with Crippen molar-refractivity contribution in [3.8, 4) is 0 Å². The molecule has 39 heavy (non-hydrogen) atoms. The van der Waals surface area contributed by atoms with E-state index in [1.807, 2.05) is 12.1 Å². The highest BCUT2D eigenvalue weighted by Crippen LogP contribution is 2.49. The second kappa shape index (κ2) is 9.13. The number of benzene rings is 2. The Morgan fingerprint density at radius 2 is 1.64 bits per heavy atom. The second-order valence-electron chi connectivity index (χ2n) is 10.4. The summed E-state index contributed by atoms with van der Waals surface area (Å²) in [5, 5.41) is 12.4. The molecule has 1 atom stereocenters.